The van der Waals surface area contributed by atoms with Crippen LogP contribution in [-0.2, 0) is 11.3 Å². The topological polar surface area (TPSA) is 104 Å². The number of carbonyl (C=O) groups excluding carboxylic acids is 1. The third-order valence-electron chi connectivity index (χ3n) is 5.41. The summed E-state index contributed by atoms with van der Waals surface area (Å²) in [5.41, 5.74) is 2.58. The van der Waals surface area contributed by atoms with Gasteiger partial charge in [0.15, 0.2) is 5.65 Å². The van der Waals surface area contributed by atoms with Gasteiger partial charge in [0.1, 0.15) is 11.6 Å². The Morgan fingerprint density at radius 3 is 2.68 bits per heavy atom. The number of hydrogen-bond acceptors (Lipinski definition) is 6. The molecular weight excluding hydrogens is 460 g/mol. The van der Waals surface area contributed by atoms with Gasteiger partial charge < -0.3 is 21.1 Å². The first-order valence-electron chi connectivity index (χ1n) is 10.5. The van der Waals surface area contributed by atoms with Crippen molar-refractivity contribution in [1.82, 2.24) is 14.6 Å². The van der Waals surface area contributed by atoms with Crippen LogP contribution in [0.5, 0.6) is 0 Å². The molecule has 1 fully saturated rings. The van der Waals surface area contributed by atoms with E-state index in [1.54, 1.807) is 10.7 Å². The Balaban J connectivity index is 1.48. The summed E-state index contributed by atoms with van der Waals surface area (Å²) in [7, 11) is 0. The average molecular weight is 487 g/mol. The fourth-order valence-electron chi connectivity index (χ4n) is 3.24. The lowest BCUT2D eigenvalue weighted by molar-refractivity contribution is -0.117. The van der Waals surface area contributed by atoms with Gasteiger partial charge in [0.2, 0.25) is 5.91 Å². The molecule has 0 saturated heterocycles. The molecule has 2 aromatic heterocycles. The zero-order chi connectivity index (χ0) is 22.0. The highest BCUT2D eigenvalue weighted by molar-refractivity contribution is 9.10. The first-order valence-corrected chi connectivity index (χ1v) is 11.3. The number of halogens is 1. The molecule has 2 heterocycles. The smallest absolute Gasteiger partial charge is 0.227 e. The largest absolute Gasteiger partial charge is 0.394 e. The molecule has 0 bridgehead atoms. The number of rotatable bonds is 9. The van der Waals surface area contributed by atoms with Gasteiger partial charge in [0.25, 0.3) is 0 Å². The zero-order valence-electron chi connectivity index (χ0n) is 17.6. The molecule has 4 rings (SSSR count). The molecule has 1 saturated carbocycles. The Hall–Kier alpha value is -2.65. The second-order valence-corrected chi connectivity index (χ2v) is 9.10. The quantitative estimate of drug-likeness (QED) is 0.365. The molecule has 3 aromatic rings. The number of amides is 1. The van der Waals surface area contributed by atoms with E-state index in [1.165, 1.54) is 0 Å². The minimum absolute atomic E-state index is 0.0252. The highest BCUT2D eigenvalue weighted by Gasteiger charge is 2.29. The minimum atomic E-state index is -0.0945. The molecule has 0 spiro atoms. The third kappa shape index (κ3) is 5.16. The van der Waals surface area contributed by atoms with E-state index in [-0.39, 0.29) is 30.4 Å². The highest BCUT2D eigenvalue weighted by Crippen LogP contribution is 2.30. The fraction of sp³-hybridized carbons (Fsp3) is 0.409. The summed E-state index contributed by atoms with van der Waals surface area (Å²) in [6.07, 6.45) is 3.69. The summed E-state index contributed by atoms with van der Waals surface area (Å²) in [6, 6.07) is 9.63. The number of hydrogen-bond donors (Lipinski definition) is 4. The van der Waals surface area contributed by atoms with E-state index in [4.69, 9.17) is 0 Å². The predicted molar refractivity (Wildman–Crippen MR) is 125 cm³/mol. The van der Waals surface area contributed by atoms with E-state index < -0.39 is 0 Å². The van der Waals surface area contributed by atoms with Crippen LogP contribution in [0, 0.1) is 11.8 Å². The number of anilines is 3. The number of benzene rings is 1. The molecule has 0 radical (unpaired) electrons. The number of aliphatic hydroxyl groups excluding tert-OH is 1. The summed E-state index contributed by atoms with van der Waals surface area (Å²) < 4.78 is 2.53. The third-order valence-corrected chi connectivity index (χ3v) is 5.97. The molecule has 0 aliphatic heterocycles. The van der Waals surface area contributed by atoms with E-state index in [0.29, 0.717) is 18.0 Å². The Labute approximate surface area is 189 Å². The monoisotopic (exact) mass is 486 g/mol. The minimum Gasteiger partial charge on any atom is -0.394 e. The van der Waals surface area contributed by atoms with E-state index >= 15 is 0 Å². The van der Waals surface area contributed by atoms with Crippen molar-refractivity contribution >= 4 is 44.8 Å². The summed E-state index contributed by atoms with van der Waals surface area (Å²) in [5, 5.41) is 23.7. The zero-order valence-corrected chi connectivity index (χ0v) is 19.2. The molecule has 1 amide bonds. The molecule has 1 unspecified atom stereocenters. The van der Waals surface area contributed by atoms with Crippen LogP contribution in [0.4, 0.5) is 17.3 Å². The Kier molecular flexibility index (Phi) is 6.43. The van der Waals surface area contributed by atoms with Crippen LogP contribution in [0.1, 0.15) is 32.3 Å². The molecule has 9 heteroatoms. The van der Waals surface area contributed by atoms with Gasteiger partial charge in [0, 0.05) is 24.2 Å². The molecular formula is C22H27BrN6O2. The average Bonchev–Trinajstić information content (AvgIpc) is 3.55. The first-order chi connectivity index (χ1) is 14.9. The van der Waals surface area contributed by atoms with E-state index in [1.807, 2.05) is 30.3 Å². The molecule has 31 heavy (non-hydrogen) atoms. The standard InChI is InChI=1S/C22H27BrN6O2/c1-13(2)18(12-30)27-19-9-20(29-21(28-19)17(23)11-25-29)24-10-14-3-7-16(8-4-14)26-22(31)15-5-6-15/h3-4,7-9,11,13,15,18,24,30H,5-6,10,12H2,1-2H3,(H,26,31)(H,27,28). The Bertz CT molecular complexity index is 1060. The van der Waals surface area contributed by atoms with Gasteiger partial charge in [-0.15, -0.1) is 0 Å². The summed E-state index contributed by atoms with van der Waals surface area (Å²) in [5.74, 6) is 2.00. The summed E-state index contributed by atoms with van der Waals surface area (Å²) in [6.45, 7) is 4.71. The maximum Gasteiger partial charge on any atom is 0.227 e. The van der Waals surface area contributed by atoms with Crippen LogP contribution < -0.4 is 16.0 Å². The van der Waals surface area contributed by atoms with Crippen LogP contribution >= 0.6 is 15.9 Å². The second kappa shape index (κ2) is 9.23. The molecule has 1 aliphatic rings. The molecule has 1 aromatic carbocycles. The Morgan fingerprint density at radius 2 is 2.03 bits per heavy atom. The van der Waals surface area contributed by atoms with Gasteiger partial charge in [-0.25, -0.2) is 4.98 Å². The van der Waals surface area contributed by atoms with Crippen molar-refractivity contribution in [2.24, 2.45) is 11.8 Å². The van der Waals surface area contributed by atoms with Crippen LogP contribution in [0.2, 0.25) is 0 Å². The summed E-state index contributed by atoms with van der Waals surface area (Å²) >= 11 is 3.50. The van der Waals surface area contributed by atoms with Crippen molar-refractivity contribution in [1.29, 1.82) is 0 Å². The van der Waals surface area contributed by atoms with Gasteiger partial charge in [-0.3, -0.25) is 4.79 Å². The van der Waals surface area contributed by atoms with Gasteiger partial charge in [-0.1, -0.05) is 26.0 Å². The number of aliphatic hydroxyl groups is 1. The molecule has 164 valence electrons. The van der Waals surface area contributed by atoms with Crippen molar-refractivity contribution in [2.45, 2.75) is 39.3 Å². The molecule has 4 N–H and O–H groups in total. The maximum absolute atomic E-state index is 11.9. The van der Waals surface area contributed by atoms with Gasteiger partial charge in [-0.05, 0) is 52.4 Å². The maximum atomic E-state index is 11.9. The lowest BCUT2D eigenvalue weighted by Crippen LogP contribution is -2.30. The second-order valence-electron chi connectivity index (χ2n) is 8.25. The van der Waals surface area contributed by atoms with Crippen molar-refractivity contribution < 1.29 is 9.90 Å². The lowest BCUT2D eigenvalue weighted by Gasteiger charge is -2.21. The normalized spacial score (nSPS) is 14.6. The number of carbonyl (C=O) groups is 1. The number of aromatic nitrogens is 3. The van der Waals surface area contributed by atoms with Gasteiger partial charge >= 0.3 is 0 Å². The SMILES string of the molecule is CC(C)C(CO)Nc1cc(NCc2ccc(NC(=O)C3CC3)cc2)n2ncc(Br)c2n1. The van der Waals surface area contributed by atoms with Crippen molar-refractivity contribution in [3.8, 4) is 0 Å². The number of nitrogens with one attached hydrogen (secondary N) is 3. The highest BCUT2D eigenvalue weighted by atomic mass is 79.9. The first kappa shape index (κ1) is 21.6. The van der Waals surface area contributed by atoms with Crippen LogP contribution in [0.25, 0.3) is 5.65 Å². The van der Waals surface area contributed by atoms with Gasteiger partial charge in [0.05, 0.1) is 23.3 Å². The van der Waals surface area contributed by atoms with E-state index in [9.17, 15) is 9.90 Å². The van der Waals surface area contributed by atoms with Crippen LogP contribution in [-0.4, -0.2) is 38.3 Å². The van der Waals surface area contributed by atoms with Crippen molar-refractivity contribution in [3.63, 3.8) is 0 Å². The van der Waals surface area contributed by atoms with Gasteiger partial charge in [-0.2, -0.15) is 9.61 Å². The fourth-order valence-corrected chi connectivity index (χ4v) is 3.59. The lowest BCUT2D eigenvalue weighted by atomic mass is 10.1. The summed E-state index contributed by atoms with van der Waals surface area (Å²) in [4.78, 5) is 16.5. The Morgan fingerprint density at radius 1 is 1.29 bits per heavy atom. The number of nitrogens with zero attached hydrogens (tertiary/aromatic N) is 3. The molecule has 1 aliphatic carbocycles. The van der Waals surface area contributed by atoms with Crippen LogP contribution in [0.15, 0.2) is 41.0 Å². The number of fused-ring (bicyclic) bond motifs is 1. The predicted octanol–water partition coefficient (Wildman–Crippen LogP) is 3.88. The van der Waals surface area contributed by atoms with Crippen molar-refractivity contribution in [3.05, 3.63) is 46.6 Å². The molecule has 1 atom stereocenters. The van der Waals surface area contributed by atoms with Crippen molar-refractivity contribution in [2.75, 3.05) is 22.6 Å². The molecule has 8 nitrogen and oxygen atoms in total. The van der Waals surface area contributed by atoms with E-state index in [0.717, 1.165) is 34.4 Å². The van der Waals surface area contributed by atoms with Crippen LogP contribution in [0.3, 0.4) is 0 Å². The van der Waals surface area contributed by atoms with E-state index in [2.05, 4.69) is 55.8 Å².